The molecule has 0 spiro atoms. The molecule has 1 heterocycles. The standard InChI is InChI=1S/C8H11N3O4/c1-2-5(7(13)14)11-3-4(9)6(12)10-8(11)15/h3,5H,2,9H2,1H3,(H,13,14)(H,10,12,15). The number of aromatic nitrogens is 2. The number of aromatic amines is 1. The second-order valence-electron chi connectivity index (χ2n) is 3.01. The highest BCUT2D eigenvalue weighted by atomic mass is 16.4. The van der Waals surface area contributed by atoms with Gasteiger partial charge in [0.15, 0.2) is 0 Å². The minimum Gasteiger partial charge on any atom is -0.480 e. The van der Waals surface area contributed by atoms with Gasteiger partial charge in [0.05, 0.1) is 0 Å². The molecule has 7 heteroatoms. The Labute approximate surface area is 84.2 Å². The number of hydrogen-bond acceptors (Lipinski definition) is 4. The number of H-pyrrole nitrogens is 1. The number of anilines is 1. The van der Waals surface area contributed by atoms with E-state index in [0.717, 1.165) is 10.8 Å². The summed E-state index contributed by atoms with van der Waals surface area (Å²) >= 11 is 0. The van der Waals surface area contributed by atoms with E-state index in [1.165, 1.54) is 0 Å². The number of aliphatic carboxylic acids is 1. The number of hydrogen-bond donors (Lipinski definition) is 3. The van der Waals surface area contributed by atoms with Crippen molar-refractivity contribution in [2.24, 2.45) is 0 Å². The minimum absolute atomic E-state index is 0.186. The molecule has 15 heavy (non-hydrogen) atoms. The maximum atomic E-state index is 11.3. The molecule has 0 aromatic carbocycles. The van der Waals surface area contributed by atoms with E-state index >= 15 is 0 Å². The van der Waals surface area contributed by atoms with Crippen molar-refractivity contribution in [2.75, 3.05) is 5.73 Å². The van der Waals surface area contributed by atoms with E-state index < -0.39 is 23.3 Å². The van der Waals surface area contributed by atoms with Crippen LogP contribution in [0.3, 0.4) is 0 Å². The number of nitrogens with two attached hydrogens (primary N) is 1. The lowest BCUT2D eigenvalue weighted by molar-refractivity contribution is -0.141. The molecule has 1 aromatic heterocycles. The Balaban J connectivity index is 3.37. The molecule has 0 aliphatic carbocycles. The number of nitrogens with zero attached hydrogens (tertiary/aromatic N) is 1. The Morgan fingerprint density at radius 1 is 1.67 bits per heavy atom. The monoisotopic (exact) mass is 213 g/mol. The van der Waals surface area contributed by atoms with Crippen molar-refractivity contribution in [3.05, 3.63) is 27.0 Å². The Kier molecular flexibility index (Phi) is 2.93. The zero-order valence-corrected chi connectivity index (χ0v) is 8.06. The number of carboxylic acid groups (broad SMARTS) is 1. The lowest BCUT2D eigenvalue weighted by Crippen LogP contribution is -2.35. The van der Waals surface area contributed by atoms with Gasteiger partial charge in [-0.2, -0.15) is 0 Å². The lowest BCUT2D eigenvalue weighted by Gasteiger charge is -2.12. The van der Waals surface area contributed by atoms with Gasteiger partial charge in [-0.05, 0) is 6.42 Å². The first-order chi connectivity index (χ1) is 6.97. The third kappa shape index (κ3) is 2.06. The molecule has 4 N–H and O–H groups in total. The summed E-state index contributed by atoms with van der Waals surface area (Å²) in [5, 5.41) is 8.82. The summed E-state index contributed by atoms with van der Waals surface area (Å²) in [7, 11) is 0. The van der Waals surface area contributed by atoms with E-state index in [0.29, 0.717) is 0 Å². The van der Waals surface area contributed by atoms with Crippen molar-refractivity contribution < 1.29 is 9.90 Å². The van der Waals surface area contributed by atoms with Gasteiger partial charge in [-0.1, -0.05) is 6.92 Å². The predicted molar refractivity (Wildman–Crippen MR) is 52.7 cm³/mol. The van der Waals surface area contributed by atoms with Crippen molar-refractivity contribution in [2.45, 2.75) is 19.4 Å². The summed E-state index contributed by atoms with van der Waals surface area (Å²) < 4.78 is 0.902. The van der Waals surface area contributed by atoms with Crippen molar-refractivity contribution in [1.82, 2.24) is 9.55 Å². The van der Waals surface area contributed by atoms with E-state index in [9.17, 15) is 14.4 Å². The molecule has 1 rings (SSSR count). The van der Waals surface area contributed by atoms with E-state index in [4.69, 9.17) is 10.8 Å². The van der Waals surface area contributed by atoms with Gasteiger partial charge in [0.25, 0.3) is 5.56 Å². The average molecular weight is 213 g/mol. The molecule has 0 saturated carbocycles. The van der Waals surface area contributed by atoms with Gasteiger partial charge in [-0.15, -0.1) is 0 Å². The number of carbonyl (C=O) groups is 1. The highest BCUT2D eigenvalue weighted by Crippen LogP contribution is 2.08. The van der Waals surface area contributed by atoms with E-state index in [1.807, 2.05) is 4.98 Å². The van der Waals surface area contributed by atoms with E-state index in [1.54, 1.807) is 6.92 Å². The quantitative estimate of drug-likeness (QED) is 0.604. The second kappa shape index (κ2) is 3.99. The van der Waals surface area contributed by atoms with Crippen LogP contribution in [0.5, 0.6) is 0 Å². The van der Waals surface area contributed by atoms with Crippen LogP contribution in [-0.4, -0.2) is 20.6 Å². The number of carboxylic acids is 1. The van der Waals surface area contributed by atoms with Crippen LogP contribution in [0, 0.1) is 0 Å². The van der Waals surface area contributed by atoms with E-state index in [-0.39, 0.29) is 12.1 Å². The Morgan fingerprint density at radius 3 is 2.73 bits per heavy atom. The highest BCUT2D eigenvalue weighted by Gasteiger charge is 2.19. The molecule has 0 amide bonds. The van der Waals surface area contributed by atoms with Crippen molar-refractivity contribution in [1.29, 1.82) is 0 Å². The number of rotatable bonds is 3. The summed E-state index contributed by atoms with van der Waals surface area (Å²) in [6.07, 6.45) is 1.27. The molecule has 1 atom stereocenters. The molecule has 7 nitrogen and oxygen atoms in total. The largest absolute Gasteiger partial charge is 0.480 e. The first-order valence-electron chi connectivity index (χ1n) is 4.31. The van der Waals surface area contributed by atoms with Crippen LogP contribution >= 0.6 is 0 Å². The Hall–Kier alpha value is -2.05. The minimum atomic E-state index is -1.15. The van der Waals surface area contributed by atoms with Gasteiger partial charge in [0, 0.05) is 6.20 Å². The van der Waals surface area contributed by atoms with Crippen LogP contribution in [0.1, 0.15) is 19.4 Å². The molecule has 1 unspecified atom stereocenters. The van der Waals surface area contributed by atoms with Crippen molar-refractivity contribution in [3.63, 3.8) is 0 Å². The zero-order valence-electron chi connectivity index (χ0n) is 8.06. The normalized spacial score (nSPS) is 12.3. The van der Waals surface area contributed by atoms with Crippen LogP contribution in [-0.2, 0) is 4.79 Å². The molecular weight excluding hydrogens is 202 g/mol. The fraction of sp³-hybridized carbons (Fsp3) is 0.375. The van der Waals surface area contributed by atoms with Crippen LogP contribution < -0.4 is 17.0 Å². The molecule has 82 valence electrons. The maximum Gasteiger partial charge on any atom is 0.329 e. The summed E-state index contributed by atoms with van der Waals surface area (Å²) in [5.41, 5.74) is 3.61. The van der Waals surface area contributed by atoms with Crippen LogP contribution in [0.2, 0.25) is 0 Å². The third-order valence-corrected chi connectivity index (χ3v) is 2.00. The van der Waals surface area contributed by atoms with Crippen LogP contribution in [0.25, 0.3) is 0 Å². The fourth-order valence-electron chi connectivity index (χ4n) is 1.22. The van der Waals surface area contributed by atoms with Gasteiger partial charge in [0.1, 0.15) is 11.7 Å². The molecule has 0 aliphatic rings. The average Bonchev–Trinajstić information content (AvgIpc) is 2.14. The fourth-order valence-corrected chi connectivity index (χ4v) is 1.22. The molecule has 0 aliphatic heterocycles. The number of nitrogens with one attached hydrogen (secondary N) is 1. The first kappa shape index (κ1) is 11.0. The predicted octanol–water partition coefficient (Wildman–Crippen LogP) is -0.845. The lowest BCUT2D eigenvalue weighted by atomic mass is 10.2. The summed E-state index contributed by atoms with van der Waals surface area (Å²) in [6, 6.07) is -1.02. The maximum absolute atomic E-state index is 11.3. The number of nitrogen functional groups attached to an aromatic ring is 1. The van der Waals surface area contributed by atoms with Crippen molar-refractivity contribution >= 4 is 11.7 Å². The van der Waals surface area contributed by atoms with Gasteiger partial charge in [0.2, 0.25) is 0 Å². The van der Waals surface area contributed by atoms with Gasteiger partial charge >= 0.3 is 11.7 Å². The third-order valence-electron chi connectivity index (χ3n) is 2.00. The topological polar surface area (TPSA) is 118 Å². The van der Waals surface area contributed by atoms with Gasteiger partial charge < -0.3 is 10.8 Å². The Morgan fingerprint density at radius 2 is 2.27 bits per heavy atom. The zero-order chi connectivity index (χ0) is 11.6. The smallest absolute Gasteiger partial charge is 0.329 e. The highest BCUT2D eigenvalue weighted by molar-refractivity contribution is 5.71. The second-order valence-corrected chi connectivity index (χ2v) is 3.01. The van der Waals surface area contributed by atoms with Crippen LogP contribution in [0.15, 0.2) is 15.8 Å². The summed E-state index contributed by atoms with van der Waals surface area (Å²) in [6.45, 7) is 1.62. The van der Waals surface area contributed by atoms with Crippen LogP contribution in [0.4, 0.5) is 5.69 Å². The molecule has 0 fully saturated rings. The summed E-state index contributed by atoms with van der Waals surface area (Å²) in [4.78, 5) is 34.9. The van der Waals surface area contributed by atoms with Gasteiger partial charge in [-0.25, -0.2) is 9.59 Å². The van der Waals surface area contributed by atoms with Gasteiger partial charge in [-0.3, -0.25) is 14.3 Å². The SMILES string of the molecule is CCC(C(=O)O)n1cc(N)c(=O)[nH]c1=O. The van der Waals surface area contributed by atoms with Crippen molar-refractivity contribution in [3.8, 4) is 0 Å². The summed E-state index contributed by atoms with van der Waals surface area (Å²) in [5.74, 6) is -1.15. The molecule has 0 saturated heterocycles. The van der Waals surface area contributed by atoms with E-state index in [2.05, 4.69) is 0 Å². The molecule has 0 bridgehead atoms. The molecule has 1 aromatic rings. The molecular formula is C8H11N3O4. The molecule has 0 radical (unpaired) electrons. The Bertz CT molecular complexity index is 487. The first-order valence-corrected chi connectivity index (χ1v) is 4.31.